The number of halogens is 5. The Morgan fingerprint density at radius 3 is 2.39 bits per heavy atom. The molecule has 2 rings (SSSR count). The van der Waals surface area contributed by atoms with Gasteiger partial charge >= 0.3 is 6.18 Å². The first-order valence-electron chi connectivity index (χ1n) is 4.49. The van der Waals surface area contributed by atoms with Crippen LogP contribution in [-0.4, -0.2) is 4.98 Å². The maximum Gasteiger partial charge on any atom is 0.432 e. The monoisotopic (exact) mass is 382 g/mol. The second kappa shape index (κ2) is 4.48. The largest absolute Gasteiger partial charge is 0.448 e. The van der Waals surface area contributed by atoms with Crippen LogP contribution < -0.4 is 0 Å². The van der Waals surface area contributed by atoms with Crippen molar-refractivity contribution in [2.24, 2.45) is 0 Å². The molecule has 0 spiro atoms. The van der Waals surface area contributed by atoms with Crippen LogP contribution >= 0.6 is 31.9 Å². The van der Waals surface area contributed by atoms with Crippen LogP contribution in [0.5, 0.6) is 0 Å². The van der Waals surface area contributed by atoms with Gasteiger partial charge in [-0.3, -0.25) is 0 Å². The number of nitriles is 1. The molecule has 0 aliphatic heterocycles. The number of nitrogens with one attached hydrogen (secondary N) is 1. The summed E-state index contributed by atoms with van der Waals surface area (Å²) >= 11 is 5.82. The minimum absolute atomic E-state index is 0.0117. The molecule has 0 amide bonds. The molecule has 0 aromatic carbocycles. The number of hydrogen-bond donors (Lipinski definition) is 1. The molecule has 0 saturated heterocycles. The van der Waals surface area contributed by atoms with Crippen molar-refractivity contribution < 1.29 is 17.6 Å². The van der Waals surface area contributed by atoms with Gasteiger partial charge in [0.05, 0.1) is 10.0 Å². The molecule has 3 nitrogen and oxygen atoms in total. The first-order chi connectivity index (χ1) is 8.34. The SMILES string of the molecule is N#Cc1c(-c2ccc(Br)o2)[nH]c(C(F)(F)F)c1Br. The van der Waals surface area contributed by atoms with Gasteiger partial charge in [-0.15, -0.1) is 0 Å². The van der Waals surface area contributed by atoms with Gasteiger partial charge in [-0.1, -0.05) is 0 Å². The van der Waals surface area contributed by atoms with Gasteiger partial charge < -0.3 is 9.40 Å². The molecule has 94 valence electrons. The number of H-pyrrole nitrogens is 1. The maximum absolute atomic E-state index is 12.7. The Hall–Kier alpha value is -1.20. The predicted molar refractivity (Wildman–Crippen MR) is 63.6 cm³/mol. The van der Waals surface area contributed by atoms with Crippen LogP contribution in [0.15, 0.2) is 25.7 Å². The van der Waals surface area contributed by atoms with E-state index >= 15 is 0 Å². The lowest BCUT2D eigenvalue weighted by Crippen LogP contribution is -2.06. The number of aromatic nitrogens is 1. The highest BCUT2D eigenvalue weighted by Gasteiger charge is 2.38. The second-order valence-electron chi connectivity index (χ2n) is 3.28. The molecule has 1 N–H and O–H groups in total. The zero-order valence-corrected chi connectivity index (χ0v) is 11.6. The molecule has 0 radical (unpaired) electrons. The highest BCUT2D eigenvalue weighted by atomic mass is 79.9. The van der Waals surface area contributed by atoms with Gasteiger partial charge in [-0.25, -0.2) is 0 Å². The highest BCUT2D eigenvalue weighted by molar-refractivity contribution is 9.10. The molecular weight excluding hydrogens is 381 g/mol. The van der Waals surface area contributed by atoms with Gasteiger partial charge in [-0.05, 0) is 44.0 Å². The zero-order valence-electron chi connectivity index (χ0n) is 8.40. The Morgan fingerprint density at radius 1 is 1.28 bits per heavy atom. The number of hydrogen-bond acceptors (Lipinski definition) is 2. The van der Waals surface area contributed by atoms with Crippen molar-refractivity contribution in [3.8, 4) is 17.5 Å². The summed E-state index contributed by atoms with van der Waals surface area (Å²) in [5.74, 6) is 0.148. The van der Waals surface area contributed by atoms with Gasteiger partial charge in [-0.2, -0.15) is 18.4 Å². The number of alkyl halides is 3. The third kappa shape index (κ3) is 2.20. The van der Waals surface area contributed by atoms with E-state index < -0.39 is 11.9 Å². The van der Waals surface area contributed by atoms with Gasteiger partial charge in [0.1, 0.15) is 17.5 Å². The lowest BCUT2D eigenvalue weighted by molar-refractivity contribution is -0.141. The molecule has 18 heavy (non-hydrogen) atoms. The second-order valence-corrected chi connectivity index (χ2v) is 4.85. The summed E-state index contributed by atoms with van der Waals surface area (Å²) in [5, 5.41) is 8.93. The molecule has 0 unspecified atom stereocenters. The van der Waals surface area contributed by atoms with Gasteiger partial charge in [0.15, 0.2) is 10.4 Å². The number of furan rings is 1. The third-order valence-corrected chi connectivity index (χ3v) is 3.37. The molecule has 0 saturated carbocycles. The van der Waals surface area contributed by atoms with Crippen molar-refractivity contribution >= 4 is 31.9 Å². The fourth-order valence-electron chi connectivity index (χ4n) is 1.41. The Kier molecular flexibility index (Phi) is 3.29. The molecule has 0 fully saturated rings. The molecule has 0 atom stereocenters. The fourth-order valence-corrected chi connectivity index (χ4v) is 2.33. The molecule has 2 aromatic heterocycles. The van der Waals surface area contributed by atoms with Crippen molar-refractivity contribution in [3.05, 3.63) is 32.5 Å². The summed E-state index contributed by atoms with van der Waals surface area (Å²) in [6, 6.07) is 4.70. The predicted octanol–water partition coefficient (Wildman–Crippen LogP) is 4.69. The molecule has 0 aliphatic carbocycles. The van der Waals surface area contributed by atoms with E-state index in [1.165, 1.54) is 12.1 Å². The van der Waals surface area contributed by atoms with Crippen molar-refractivity contribution in [2.45, 2.75) is 6.18 Å². The van der Waals surface area contributed by atoms with E-state index in [0.717, 1.165) is 0 Å². The van der Waals surface area contributed by atoms with E-state index in [1.807, 2.05) is 0 Å². The lowest BCUT2D eigenvalue weighted by atomic mass is 10.2. The first kappa shape index (κ1) is 13.2. The summed E-state index contributed by atoms with van der Waals surface area (Å²) in [4.78, 5) is 2.16. The molecule has 0 aliphatic rings. The third-order valence-electron chi connectivity index (χ3n) is 2.15. The van der Waals surface area contributed by atoms with E-state index in [1.54, 1.807) is 6.07 Å². The van der Waals surface area contributed by atoms with Crippen molar-refractivity contribution in [2.75, 3.05) is 0 Å². The summed E-state index contributed by atoms with van der Waals surface area (Å²) in [6.07, 6.45) is -4.58. The Labute approximate surface area is 116 Å². The van der Waals surface area contributed by atoms with Crippen LogP contribution in [0, 0.1) is 11.3 Å². The Balaban J connectivity index is 2.66. The van der Waals surface area contributed by atoms with E-state index in [0.29, 0.717) is 4.67 Å². The summed E-state index contributed by atoms with van der Waals surface area (Å²) in [5.41, 5.74) is -1.17. The topological polar surface area (TPSA) is 52.7 Å². The normalized spacial score (nSPS) is 11.6. The van der Waals surface area contributed by atoms with Crippen LogP contribution in [0.25, 0.3) is 11.5 Å². The fraction of sp³-hybridized carbons (Fsp3) is 0.100. The molecule has 2 aromatic rings. The van der Waals surface area contributed by atoms with Crippen LogP contribution in [0.1, 0.15) is 11.3 Å². The van der Waals surface area contributed by atoms with Crippen LogP contribution in [-0.2, 0) is 6.18 Å². The molecule has 2 heterocycles. The minimum atomic E-state index is -4.58. The van der Waals surface area contributed by atoms with Gasteiger partial charge in [0, 0.05) is 0 Å². The molecule has 8 heteroatoms. The van der Waals surface area contributed by atoms with E-state index in [2.05, 4.69) is 36.8 Å². The van der Waals surface area contributed by atoms with Crippen LogP contribution in [0.3, 0.4) is 0 Å². The lowest BCUT2D eigenvalue weighted by Gasteiger charge is -2.03. The number of aromatic amines is 1. The average molecular weight is 384 g/mol. The molecular formula is C10H3Br2F3N2O. The van der Waals surface area contributed by atoms with Gasteiger partial charge in [0.25, 0.3) is 0 Å². The van der Waals surface area contributed by atoms with E-state index in [4.69, 9.17) is 9.68 Å². The zero-order chi connectivity index (χ0) is 13.5. The smallest absolute Gasteiger partial charge is 0.432 e. The standard InChI is InChI=1S/C10H3Br2F3N2O/c11-6-2-1-5(18-6)8-4(3-16)7(12)9(17-8)10(13,14)15/h1-2,17H. The summed E-state index contributed by atoms with van der Waals surface area (Å²) < 4.78 is 43.2. The van der Waals surface area contributed by atoms with Crippen LogP contribution in [0.4, 0.5) is 13.2 Å². The minimum Gasteiger partial charge on any atom is -0.448 e. The number of rotatable bonds is 1. The van der Waals surface area contributed by atoms with Crippen molar-refractivity contribution in [1.82, 2.24) is 4.98 Å². The maximum atomic E-state index is 12.7. The quantitative estimate of drug-likeness (QED) is 0.776. The summed E-state index contributed by atoms with van der Waals surface area (Å²) in [6.45, 7) is 0. The van der Waals surface area contributed by atoms with E-state index in [-0.39, 0.29) is 21.5 Å². The molecule has 0 bridgehead atoms. The number of nitrogens with zero attached hydrogens (tertiary/aromatic N) is 1. The van der Waals surface area contributed by atoms with Crippen molar-refractivity contribution in [1.29, 1.82) is 5.26 Å². The van der Waals surface area contributed by atoms with Crippen LogP contribution in [0.2, 0.25) is 0 Å². The van der Waals surface area contributed by atoms with Crippen molar-refractivity contribution in [3.63, 3.8) is 0 Å². The first-order valence-corrected chi connectivity index (χ1v) is 6.07. The Morgan fingerprint density at radius 2 is 1.94 bits per heavy atom. The average Bonchev–Trinajstić information content (AvgIpc) is 2.81. The highest BCUT2D eigenvalue weighted by Crippen LogP contribution is 2.40. The Bertz CT molecular complexity index is 637. The summed E-state index contributed by atoms with van der Waals surface area (Å²) in [7, 11) is 0. The van der Waals surface area contributed by atoms with Gasteiger partial charge in [0.2, 0.25) is 0 Å². The van der Waals surface area contributed by atoms with E-state index in [9.17, 15) is 13.2 Å².